The molecule has 1 aliphatic heterocycles. The first-order chi connectivity index (χ1) is 16.1. The fourth-order valence-electron chi connectivity index (χ4n) is 5.09. The molecular formula is C26H29N5OS. The van der Waals surface area contributed by atoms with Crippen molar-refractivity contribution < 1.29 is 4.79 Å². The van der Waals surface area contributed by atoms with Gasteiger partial charge in [0.25, 0.3) is 0 Å². The Hall–Kier alpha value is -3.19. The minimum Gasteiger partial charge on any atom is -0.351 e. The number of rotatable bonds is 5. The molecule has 1 saturated heterocycles. The van der Waals surface area contributed by atoms with E-state index in [0.29, 0.717) is 11.2 Å². The highest BCUT2D eigenvalue weighted by atomic mass is 32.1. The maximum Gasteiger partial charge on any atom is 0.221 e. The number of hydrogen-bond acceptors (Lipinski definition) is 3. The van der Waals surface area contributed by atoms with Crippen molar-refractivity contribution in [2.24, 2.45) is 0 Å². The molecule has 2 aliphatic rings. The summed E-state index contributed by atoms with van der Waals surface area (Å²) >= 11 is 5.82. The lowest BCUT2D eigenvalue weighted by Crippen LogP contribution is -2.29. The van der Waals surface area contributed by atoms with E-state index in [9.17, 15) is 4.79 Å². The molecule has 170 valence electrons. The van der Waals surface area contributed by atoms with Gasteiger partial charge < -0.3 is 20.1 Å². The third-order valence-electron chi connectivity index (χ3n) is 6.64. The highest BCUT2D eigenvalue weighted by molar-refractivity contribution is 7.80. The fraction of sp³-hybridized carbons (Fsp3) is 0.346. The highest BCUT2D eigenvalue weighted by Gasteiger charge is 2.41. The Labute approximate surface area is 200 Å². The lowest BCUT2D eigenvalue weighted by atomic mass is 9.95. The molecule has 3 heterocycles. The molecular weight excluding hydrogens is 430 g/mol. The van der Waals surface area contributed by atoms with Gasteiger partial charge in [-0.2, -0.15) is 0 Å². The summed E-state index contributed by atoms with van der Waals surface area (Å²) in [5.74, 6) is -0.0849. The zero-order valence-electron chi connectivity index (χ0n) is 18.8. The van der Waals surface area contributed by atoms with E-state index in [-0.39, 0.29) is 18.0 Å². The number of nitrogens with one attached hydrogen (secondary N) is 2. The first-order valence-electron chi connectivity index (χ1n) is 11.7. The summed E-state index contributed by atoms with van der Waals surface area (Å²) in [6, 6.07) is 16.6. The molecule has 6 nitrogen and oxygen atoms in total. The average molecular weight is 460 g/mol. The number of benzene rings is 1. The van der Waals surface area contributed by atoms with Crippen molar-refractivity contribution in [1.82, 2.24) is 14.9 Å². The number of amides is 1. The fourth-order valence-corrected chi connectivity index (χ4v) is 5.44. The zero-order valence-corrected chi connectivity index (χ0v) is 19.6. The molecule has 7 heteroatoms. The number of anilines is 2. The summed E-state index contributed by atoms with van der Waals surface area (Å²) in [5, 5.41) is 7.02. The van der Waals surface area contributed by atoms with Crippen LogP contribution in [0.25, 0.3) is 0 Å². The number of hydrogen-bond donors (Lipinski definition) is 2. The maximum atomic E-state index is 11.4. The number of nitrogens with zero attached hydrogens (tertiary/aromatic N) is 3. The minimum atomic E-state index is -0.0849. The SMILES string of the molecule is CC(=O)Nc1ccc(N2C(=S)NC(c3ccccn3)C2c2ccn(C3CCCCC3)c2)cc1. The van der Waals surface area contributed by atoms with Crippen LogP contribution < -0.4 is 15.5 Å². The third kappa shape index (κ3) is 4.50. The van der Waals surface area contributed by atoms with Crippen LogP contribution in [0.3, 0.4) is 0 Å². The van der Waals surface area contributed by atoms with E-state index < -0.39 is 0 Å². The van der Waals surface area contributed by atoms with Gasteiger partial charge in [-0.25, -0.2) is 0 Å². The van der Waals surface area contributed by atoms with Crippen LogP contribution in [-0.2, 0) is 4.79 Å². The second kappa shape index (κ2) is 9.35. The molecule has 2 aromatic heterocycles. The van der Waals surface area contributed by atoms with E-state index in [1.807, 2.05) is 42.6 Å². The largest absolute Gasteiger partial charge is 0.351 e. The quantitative estimate of drug-likeness (QED) is 0.492. The van der Waals surface area contributed by atoms with Gasteiger partial charge in [-0.05, 0) is 73.1 Å². The standard InChI is InChI=1S/C26H29N5OS/c1-18(32)28-20-10-12-22(13-11-20)31-25(24(29-26(31)33)23-9-5-6-15-27-23)19-14-16-30(17-19)21-7-3-2-4-8-21/h5-6,9-17,21,24-25H,2-4,7-8H2,1H3,(H,28,32)(H,29,33). The molecule has 33 heavy (non-hydrogen) atoms. The number of thiocarbonyl (C=S) groups is 1. The van der Waals surface area contributed by atoms with Gasteiger partial charge in [0.15, 0.2) is 5.11 Å². The Morgan fingerprint density at radius 2 is 1.88 bits per heavy atom. The third-order valence-corrected chi connectivity index (χ3v) is 6.95. The van der Waals surface area contributed by atoms with Crippen LogP contribution in [0, 0.1) is 0 Å². The molecule has 1 amide bonds. The van der Waals surface area contributed by atoms with Crippen molar-refractivity contribution in [3.05, 3.63) is 78.4 Å². The van der Waals surface area contributed by atoms with Crippen LogP contribution in [0.2, 0.25) is 0 Å². The summed E-state index contributed by atoms with van der Waals surface area (Å²) in [4.78, 5) is 18.2. The molecule has 2 fully saturated rings. The van der Waals surface area contributed by atoms with E-state index in [1.54, 1.807) is 0 Å². The van der Waals surface area contributed by atoms with E-state index in [2.05, 4.69) is 49.6 Å². The van der Waals surface area contributed by atoms with Gasteiger partial charge in [-0.3, -0.25) is 9.78 Å². The van der Waals surface area contributed by atoms with Crippen LogP contribution in [0.1, 0.15) is 68.4 Å². The Bertz CT molecular complexity index is 1120. The molecule has 0 radical (unpaired) electrons. The van der Waals surface area contributed by atoms with Crippen LogP contribution in [-0.4, -0.2) is 20.6 Å². The van der Waals surface area contributed by atoms with Crippen LogP contribution >= 0.6 is 12.2 Å². The van der Waals surface area contributed by atoms with Gasteiger partial charge in [-0.15, -0.1) is 0 Å². The molecule has 3 aromatic rings. The molecule has 0 bridgehead atoms. The van der Waals surface area contributed by atoms with Crippen molar-refractivity contribution in [2.45, 2.75) is 57.2 Å². The van der Waals surface area contributed by atoms with Crippen LogP contribution in [0.15, 0.2) is 67.1 Å². The Balaban J connectivity index is 1.51. The van der Waals surface area contributed by atoms with Gasteiger partial charge in [0.1, 0.15) is 0 Å². The van der Waals surface area contributed by atoms with E-state index >= 15 is 0 Å². The number of pyridine rings is 1. The lowest BCUT2D eigenvalue weighted by molar-refractivity contribution is -0.114. The predicted octanol–water partition coefficient (Wildman–Crippen LogP) is 5.52. The van der Waals surface area contributed by atoms with Crippen molar-refractivity contribution in [3.63, 3.8) is 0 Å². The first-order valence-corrected chi connectivity index (χ1v) is 12.1. The van der Waals surface area contributed by atoms with Crippen molar-refractivity contribution in [1.29, 1.82) is 0 Å². The topological polar surface area (TPSA) is 62.2 Å². The van der Waals surface area contributed by atoms with Gasteiger partial charge in [0.2, 0.25) is 5.91 Å². The van der Waals surface area contributed by atoms with Gasteiger partial charge in [-0.1, -0.05) is 25.3 Å². The predicted molar refractivity (Wildman–Crippen MR) is 135 cm³/mol. The molecule has 1 aromatic carbocycles. The summed E-state index contributed by atoms with van der Waals surface area (Å²) in [6.07, 6.45) is 12.8. The molecule has 5 rings (SSSR count). The Morgan fingerprint density at radius 1 is 1.09 bits per heavy atom. The molecule has 1 saturated carbocycles. The second-order valence-corrected chi connectivity index (χ2v) is 9.30. The number of aromatic nitrogens is 2. The van der Waals surface area contributed by atoms with Crippen LogP contribution in [0.5, 0.6) is 0 Å². The summed E-state index contributed by atoms with van der Waals surface area (Å²) < 4.78 is 2.39. The molecule has 2 unspecified atom stereocenters. The number of carbonyl (C=O) groups is 1. The van der Waals surface area contributed by atoms with Gasteiger partial charge in [0.05, 0.1) is 17.8 Å². The molecule has 0 spiro atoms. The summed E-state index contributed by atoms with van der Waals surface area (Å²) in [6.45, 7) is 1.51. The zero-order chi connectivity index (χ0) is 22.8. The van der Waals surface area contributed by atoms with Crippen molar-refractivity contribution in [2.75, 3.05) is 10.2 Å². The van der Waals surface area contributed by atoms with Crippen LogP contribution in [0.4, 0.5) is 11.4 Å². The molecule has 2 N–H and O–H groups in total. The van der Waals surface area contributed by atoms with E-state index in [1.165, 1.54) is 44.6 Å². The van der Waals surface area contributed by atoms with Gasteiger partial charge in [0, 0.05) is 42.9 Å². The smallest absolute Gasteiger partial charge is 0.221 e. The monoisotopic (exact) mass is 459 g/mol. The summed E-state index contributed by atoms with van der Waals surface area (Å²) in [7, 11) is 0. The maximum absolute atomic E-state index is 11.4. The van der Waals surface area contributed by atoms with E-state index in [0.717, 1.165) is 17.1 Å². The average Bonchev–Trinajstić information content (AvgIpc) is 3.45. The summed E-state index contributed by atoms with van der Waals surface area (Å²) in [5.41, 5.74) is 3.93. The highest BCUT2D eigenvalue weighted by Crippen LogP contribution is 2.42. The van der Waals surface area contributed by atoms with Gasteiger partial charge >= 0.3 is 0 Å². The van der Waals surface area contributed by atoms with Crippen molar-refractivity contribution in [3.8, 4) is 0 Å². The lowest BCUT2D eigenvalue weighted by Gasteiger charge is -2.28. The minimum absolute atomic E-state index is 0.0242. The Morgan fingerprint density at radius 3 is 2.58 bits per heavy atom. The molecule has 2 atom stereocenters. The normalized spacial score (nSPS) is 21.1. The van der Waals surface area contributed by atoms with Crippen molar-refractivity contribution >= 4 is 34.6 Å². The first kappa shape index (κ1) is 21.6. The number of carbonyl (C=O) groups excluding carboxylic acids is 1. The molecule has 1 aliphatic carbocycles. The Kier molecular flexibility index (Phi) is 6.13. The second-order valence-electron chi connectivity index (χ2n) is 8.91. The van der Waals surface area contributed by atoms with E-state index in [4.69, 9.17) is 12.2 Å².